The fourth-order valence-corrected chi connectivity index (χ4v) is 4.42. The lowest BCUT2D eigenvalue weighted by atomic mass is 10.2. The maximum Gasteiger partial charge on any atom is 0.317 e. The van der Waals surface area contributed by atoms with Gasteiger partial charge in [0, 0.05) is 38.8 Å². The summed E-state index contributed by atoms with van der Waals surface area (Å²) in [6, 6.07) is 5.95. The summed E-state index contributed by atoms with van der Waals surface area (Å²) in [4.78, 5) is 29.7. The Morgan fingerprint density at radius 1 is 1.18 bits per heavy atom. The highest BCUT2D eigenvalue weighted by molar-refractivity contribution is 5.75. The molecule has 34 heavy (non-hydrogen) atoms. The number of urea groups is 1. The largest absolute Gasteiger partial charge is 0.484 e. The number of nitrogens with one attached hydrogen (secondary N) is 1. The molecular formula is C24H32FN5O4. The monoisotopic (exact) mass is 473 g/mol. The first-order valence-corrected chi connectivity index (χ1v) is 12.0. The van der Waals surface area contributed by atoms with Crippen molar-refractivity contribution in [2.45, 2.75) is 38.6 Å². The van der Waals surface area contributed by atoms with Crippen LogP contribution in [-0.2, 0) is 4.74 Å². The molecule has 9 nitrogen and oxygen atoms in total. The van der Waals surface area contributed by atoms with Crippen LogP contribution >= 0.6 is 0 Å². The predicted molar refractivity (Wildman–Crippen MR) is 126 cm³/mol. The van der Waals surface area contributed by atoms with Crippen molar-refractivity contribution in [1.29, 1.82) is 0 Å². The van der Waals surface area contributed by atoms with Crippen molar-refractivity contribution >= 4 is 11.7 Å². The van der Waals surface area contributed by atoms with Gasteiger partial charge < -0.3 is 24.6 Å². The third-order valence-electron chi connectivity index (χ3n) is 6.24. The second kappa shape index (κ2) is 11.3. The number of amides is 2. The highest BCUT2D eigenvalue weighted by Gasteiger charge is 2.27. The van der Waals surface area contributed by atoms with Gasteiger partial charge in [0.05, 0.1) is 18.5 Å². The van der Waals surface area contributed by atoms with Crippen LogP contribution in [0.1, 0.15) is 32.6 Å². The van der Waals surface area contributed by atoms with Crippen molar-refractivity contribution in [1.82, 2.24) is 20.0 Å². The third kappa shape index (κ3) is 5.67. The number of rotatable bonds is 8. The Balaban J connectivity index is 1.50. The molecule has 4 rings (SSSR count). The smallest absolute Gasteiger partial charge is 0.317 e. The summed E-state index contributed by atoms with van der Waals surface area (Å²) in [6.45, 7) is 5.13. The summed E-state index contributed by atoms with van der Waals surface area (Å²) < 4.78 is 26.1. The number of hydrogen-bond donors (Lipinski definition) is 1. The van der Waals surface area contributed by atoms with Gasteiger partial charge in [-0.2, -0.15) is 9.78 Å². The zero-order valence-electron chi connectivity index (χ0n) is 19.5. The summed E-state index contributed by atoms with van der Waals surface area (Å²) in [5.74, 6) is -0.316. The van der Waals surface area contributed by atoms with Crippen LogP contribution in [0.5, 0.6) is 5.75 Å². The Kier molecular flexibility index (Phi) is 7.99. The molecule has 0 unspecified atom stereocenters. The van der Waals surface area contributed by atoms with E-state index in [4.69, 9.17) is 9.47 Å². The van der Waals surface area contributed by atoms with Crippen LogP contribution in [0.15, 0.2) is 35.3 Å². The molecule has 1 aliphatic heterocycles. The number of piperazine rings is 1. The van der Waals surface area contributed by atoms with Crippen LogP contribution < -0.4 is 20.5 Å². The quantitative estimate of drug-likeness (QED) is 0.593. The molecule has 1 saturated heterocycles. The van der Waals surface area contributed by atoms with E-state index in [-0.39, 0.29) is 24.4 Å². The van der Waals surface area contributed by atoms with Gasteiger partial charge in [-0.25, -0.2) is 9.18 Å². The number of aromatic nitrogens is 2. The molecule has 2 fully saturated rings. The van der Waals surface area contributed by atoms with Gasteiger partial charge >= 0.3 is 11.6 Å². The third-order valence-corrected chi connectivity index (χ3v) is 6.24. The van der Waals surface area contributed by atoms with Gasteiger partial charge in [0.15, 0.2) is 0 Å². The van der Waals surface area contributed by atoms with Crippen molar-refractivity contribution < 1.29 is 18.7 Å². The number of halogens is 1. The molecule has 0 radical (unpaired) electrons. The van der Waals surface area contributed by atoms with E-state index in [2.05, 4.69) is 10.4 Å². The van der Waals surface area contributed by atoms with E-state index >= 15 is 0 Å². The van der Waals surface area contributed by atoms with Crippen LogP contribution in [0, 0.1) is 5.82 Å². The second-order valence-electron chi connectivity index (χ2n) is 8.51. The molecule has 10 heteroatoms. The lowest BCUT2D eigenvalue weighted by Gasteiger charge is -2.36. The second-order valence-corrected chi connectivity index (χ2v) is 8.51. The topological polar surface area (TPSA) is 88.9 Å². The molecule has 0 atom stereocenters. The first-order chi connectivity index (χ1) is 16.6. The summed E-state index contributed by atoms with van der Waals surface area (Å²) in [6.07, 6.45) is 5.98. The van der Waals surface area contributed by atoms with E-state index in [1.165, 1.54) is 31.0 Å². The predicted octanol–water partition coefficient (Wildman–Crippen LogP) is 2.56. The molecular weight excluding hydrogens is 441 g/mol. The average molecular weight is 474 g/mol. The number of hydrogen-bond acceptors (Lipinski definition) is 6. The van der Waals surface area contributed by atoms with Gasteiger partial charge in [0.1, 0.15) is 18.1 Å². The molecule has 2 aromatic rings. The zero-order chi connectivity index (χ0) is 23.9. The van der Waals surface area contributed by atoms with Crippen LogP contribution in [0.25, 0.3) is 5.69 Å². The summed E-state index contributed by atoms with van der Waals surface area (Å²) in [5, 5.41) is 7.41. The Labute approximate surface area is 198 Å². The Morgan fingerprint density at radius 3 is 2.65 bits per heavy atom. The standard InChI is InChI=1S/C24H32FN5O4/c1-2-33-14-15-34-22-21(17-26-30(23(22)31)20-9-5-6-18(25)16-20)28-10-12-29(13-11-28)24(32)27-19-7-3-4-8-19/h5-6,9,16-17,19H,2-4,7-8,10-15H2,1H3,(H,27,32). The van der Waals surface area contributed by atoms with Crippen LogP contribution in [0.3, 0.4) is 0 Å². The van der Waals surface area contributed by atoms with Gasteiger partial charge in [-0.05, 0) is 38.0 Å². The molecule has 0 bridgehead atoms. The molecule has 2 amide bonds. The van der Waals surface area contributed by atoms with Crippen LogP contribution in [0.4, 0.5) is 14.9 Å². The van der Waals surface area contributed by atoms with Gasteiger partial charge in [-0.15, -0.1) is 0 Å². The normalized spacial score (nSPS) is 16.6. The maximum atomic E-state index is 13.7. The average Bonchev–Trinajstić information content (AvgIpc) is 3.35. The van der Waals surface area contributed by atoms with E-state index in [1.807, 2.05) is 16.7 Å². The van der Waals surface area contributed by atoms with E-state index in [1.54, 1.807) is 12.3 Å². The minimum Gasteiger partial charge on any atom is -0.484 e. The molecule has 1 aromatic heterocycles. The van der Waals surface area contributed by atoms with Crippen LogP contribution in [-0.4, -0.2) is 72.8 Å². The Morgan fingerprint density at radius 2 is 1.94 bits per heavy atom. The highest BCUT2D eigenvalue weighted by Crippen LogP contribution is 2.26. The molecule has 1 aromatic carbocycles. The maximum absolute atomic E-state index is 13.7. The number of benzene rings is 1. The number of carbonyl (C=O) groups excluding carboxylic acids is 1. The molecule has 2 aliphatic rings. The van der Waals surface area contributed by atoms with Crippen molar-refractivity contribution in [3.63, 3.8) is 0 Å². The van der Waals surface area contributed by atoms with E-state index in [0.717, 1.165) is 17.5 Å². The lowest BCUT2D eigenvalue weighted by molar-refractivity contribution is 0.109. The molecule has 1 aliphatic carbocycles. The highest BCUT2D eigenvalue weighted by atomic mass is 19.1. The minimum atomic E-state index is -0.471. The number of anilines is 1. The fraction of sp³-hybridized carbons (Fsp3) is 0.542. The lowest BCUT2D eigenvalue weighted by Crippen LogP contribution is -2.53. The number of ether oxygens (including phenoxy) is 2. The van der Waals surface area contributed by atoms with E-state index in [9.17, 15) is 14.0 Å². The molecule has 1 saturated carbocycles. The van der Waals surface area contributed by atoms with Crippen LogP contribution in [0.2, 0.25) is 0 Å². The first-order valence-electron chi connectivity index (χ1n) is 12.0. The summed E-state index contributed by atoms with van der Waals surface area (Å²) in [7, 11) is 0. The summed E-state index contributed by atoms with van der Waals surface area (Å²) in [5.41, 5.74) is 0.408. The van der Waals surface area contributed by atoms with Gasteiger partial charge in [0.2, 0.25) is 5.75 Å². The number of nitrogens with zero attached hydrogens (tertiary/aromatic N) is 4. The zero-order valence-corrected chi connectivity index (χ0v) is 19.5. The van der Waals surface area contributed by atoms with Crippen molar-refractivity contribution in [3.8, 4) is 11.4 Å². The van der Waals surface area contributed by atoms with Crippen molar-refractivity contribution in [2.24, 2.45) is 0 Å². The van der Waals surface area contributed by atoms with E-state index < -0.39 is 11.4 Å². The van der Waals surface area contributed by atoms with Gasteiger partial charge in [0.25, 0.3) is 0 Å². The van der Waals surface area contributed by atoms with Crippen molar-refractivity contribution in [2.75, 3.05) is 50.9 Å². The Bertz CT molecular complexity index is 1030. The molecule has 0 spiro atoms. The molecule has 1 N–H and O–H groups in total. The van der Waals surface area contributed by atoms with Crippen molar-refractivity contribution in [3.05, 3.63) is 46.6 Å². The van der Waals surface area contributed by atoms with Gasteiger partial charge in [-0.1, -0.05) is 18.9 Å². The molecule has 184 valence electrons. The minimum absolute atomic E-state index is 0.0283. The summed E-state index contributed by atoms with van der Waals surface area (Å²) >= 11 is 0. The van der Waals surface area contributed by atoms with E-state index in [0.29, 0.717) is 50.8 Å². The van der Waals surface area contributed by atoms with Gasteiger partial charge in [-0.3, -0.25) is 4.79 Å². The molecule has 2 heterocycles. The fourth-order valence-electron chi connectivity index (χ4n) is 4.42. The SMILES string of the molecule is CCOCCOc1c(N2CCN(C(=O)NC3CCCC3)CC2)cnn(-c2cccc(F)c2)c1=O. The Hall–Kier alpha value is -3.14. The number of carbonyl (C=O) groups is 1. The first kappa shape index (κ1) is 24.0.